The monoisotopic (exact) mass is 352 g/mol. The fraction of sp³-hybridized carbons (Fsp3) is 0.211. The molecule has 0 aliphatic rings. The first-order chi connectivity index (χ1) is 12.7. The predicted octanol–water partition coefficient (Wildman–Crippen LogP) is 2.12. The van der Waals surface area contributed by atoms with Gasteiger partial charge in [-0.2, -0.15) is 0 Å². The molecule has 7 nitrogen and oxygen atoms in total. The van der Waals surface area contributed by atoms with Gasteiger partial charge in [0.25, 0.3) is 11.8 Å². The molecule has 0 bridgehead atoms. The molecular weight excluding hydrogens is 332 g/mol. The lowest BCUT2D eigenvalue weighted by Crippen LogP contribution is -2.34. The molecule has 0 fully saturated rings. The van der Waals surface area contributed by atoms with Gasteiger partial charge in [-0.05, 0) is 49.4 Å². The van der Waals surface area contributed by atoms with Gasteiger partial charge in [0.05, 0.1) is 24.0 Å². The molecule has 3 rings (SSSR count). The van der Waals surface area contributed by atoms with Gasteiger partial charge in [-0.15, -0.1) is 0 Å². The van der Waals surface area contributed by atoms with E-state index in [0.717, 1.165) is 16.8 Å². The molecule has 0 aliphatic heterocycles. The average molecular weight is 352 g/mol. The molecule has 0 radical (unpaired) electrons. The molecule has 0 saturated heterocycles. The number of aromatic amines is 1. The summed E-state index contributed by atoms with van der Waals surface area (Å²) in [6.45, 7) is 3.16. The molecule has 1 aromatic heterocycles. The summed E-state index contributed by atoms with van der Waals surface area (Å²) in [4.78, 5) is 31.3. The Morgan fingerprint density at radius 1 is 1.00 bits per heavy atom. The maximum atomic E-state index is 12.2. The van der Waals surface area contributed by atoms with E-state index in [1.54, 1.807) is 48.8 Å². The molecule has 3 aromatic rings. The molecule has 1 heterocycles. The van der Waals surface area contributed by atoms with Crippen LogP contribution in [0.2, 0.25) is 0 Å². The van der Waals surface area contributed by atoms with Crippen molar-refractivity contribution < 1.29 is 14.3 Å². The highest BCUT2D eigenvalue weighted by molar-refractivity contribution is 5.97. The number of carbonyl (C=O) groups excluding carboxylic acids is 2. The van der Waals surface area contributed by atoms with Crippen molar-refractivity contribution in [3.8, 4) is 5.75 Å². The van der Waals surface area contributed by atoms with Crippen molar-refractivity contribution in [3.63, 3.8) is 0 Å². The topological polar surface area (TPSA) is 96.1 Å². The van der Waals surface area contributed by atoms with Crippen LogP contribution in [-0.4, -0.2) is 41.5 Å². The van der Waals surface area contributed by atoms with Gasteiger partial charge in [0.1, 0.15) is 5.75 Å². The van der Waals surface area contributed by atoms with E-state index in [1.165, 1.54) is 0 Å². The van der Waals surface area contributed by atoms with Crippen molar-refractivity contribution in [2.45, 2.75) is 6.92 Å². The number of amides is 2. The standard InChI is InChI=1S/C19H20N4O3/c1-2-26-15-6-3-13(4-7-15)18(24)20-9-10-21-19(25)14-5-8-16-17(11-14)23-12-22-16/h3-8,11-12H,2,9-10H2,1H3,(H,20,24)(H,21,25)(H,22,23). The van der Waals surface area contributed by atoms with Gasteiger partial charge in [0, 0.05) is 24.2 Å². The van der Waals surface area contributed by atoms with Crippen molar-refractivity contribution in [1.82, 2.24) is 20.6 Å². The zero-order chi connectivity index (χ0) is 18.4. The molecule has 3 N–H and O–H groups in total. The van der Waals surface area contributed by atoms with E-state index in [2.05, 4.69) is 20.6 Å². The van der Waals surface area contributed by atoms with E-state index in [1.807, 2.05) is 6.92 Å². The third-order valence-electron chi connectivity index (χ3n) is 3.81. The number of aromatic nitrogens is 2. The largest absolute Gasteiger partial charge is 0.494 e. The van der Waals surface area contributed by atoms with Crippen LogP contribution >= 0.6 is 0 Å². The van der Waals surface area contributed by atoms with Crippen LogP contribution in [0, 0.1) is 0 Å². The first kappa shape index (κ1) is 17.5. The Morgan fingerprint density at radius 3 is 2.35 bits per heavy atom. The second kappa shape index (κ2) is 8.15. The summed E-state index contributed by atoms with van der Waals surface area (Å²) in [5.41, 5.74) is 2.70. The van der Waals surface area contributed by atoms with Gasteiger partial charge in [-0.1, -0.05) is 0 Å². The molecular formula is C19H20N4O3. The number of hydrogen-bond acceptors (Lipinski definition) is 4. The third-order valence-corrected chi connectivity index (χ3v) is 3.81. The first-order valence-corrected chi connectivity index (χ1v) is 8.40. The zero-order valence-electron chi connectivity index (χ0n) is 14.4. The number of hydrogen-bond donors (Lipinski definition) is 3. The van der Waals surface area contributed by atoms with Gasteiger partial charge in [-0.3, -0.25) is 9.59 Å². The molecule has 7 heteroatoms. The molecule has 26 heavy (non-hydrogen) atoms. The summed E-state index contributed by atoms with van der Waals surface area (Å²) < 4.78 is 5.34. The Hall–Kier alpha value is -3.35. The normalized spacial score (nSPS) is 10.5. The number of nitrogens with zero attached hydrogens (tertiary/aromatic N) is 1. The minimum Gasteiger partial charge on any atom is -0.494 e. The van der Waals surface area contributed by atoms with Crippen LogP contribution in [0.3, 0.4) is 0 Å². The fourth-order valence-corrected chi connectivity index (χ4v) is 2.50. The van der Waals surface area contributed by atoms with E-state index in [-0.39, 0.29) is 11.8 Å². The van der Waals surface area contributed by atoms with Crippen LogP contribution in [0.1, 0.15) is 27.6 Å². The Bertz CT molecular complexity index is 903. The van der Waals surface area contributed by atoms with E-state index < -0.39 is 0 Å². The highest BCUT2D eigenvalue weighted by Gasteiger charge is 2.08. The number of carbonyl (C=O) groups is 2. The highest BCUT2D eigenvalue weighted by Crippen LogP contribution is 2.12. The van der Waals surface area contributed by atoms with E-state index >= 15 is 0 Å². The van der Waals surface area contributed by atoms with Crippen LogP contribution in [0.4, 0.5) is 0 Å². The first-order valence-electron chi connectivity index (χ1n) is 8.40. The van der Waals surface area contributed by atoms with E-state index in [9.17, 15) is 9.59 Å². The number of benzene rings is 2. The molecule has 0 aliphatic carbocycles. The van der Waals surface area contributed by atoms with Crippen molar-refractivity contribution in [2.24, 2.45) is 0 Å². The number of H-pyrrole nitrogens is 1. The van der Waals surface area contributed by atoms with Crippen LogP contribution in [0.25, 0.3) is 11.0 Å². The maximum absolute atomic E-state index is 12.2. The van der Waals surface area contributed by atoms with Crippen LogP contribution < -0.4 is 15.4 Å². The van der Waals surface area contributed by atoms with Crippen molar-refractivity contribution >= 4 is 22.8 Å². The summed E-state index contributed by atoms with van der Waals surface area (Å²) >= 11 is 0. The second-order valence-corrected chi connectivity index (χ2v) is 5.60. The SMILES string of the molecule is CCOc1ccc(C(=O)NCCNC(=O)c2ccc3nc[nH]c3c2)cc1. The molecule has 2 aromatic carbocycles. The minimum atomic E-state index is -0.197. The average Bonchev–Trinajstić information content (AvgIpc) is 3.13. The maximum Gasteiger partial charge on any atom is 0.251 e. The smallest absolute Gasteiger partial charge is 0.251 e. The zero-order valence-corrected chi connectivity index (χ0v) is 14.4. The molecule has 0 unspecified atom stereocenters. The van der Waals surface area contributed by atoms with E-state index in [0.29, 0.717) is 30.8 Å². The molecule has 0 atom stereocenters. The van der Waals surface area contributed by atoms with Gasteiger partial charge < -0.3 is 20.4 Å². The predicted molar refractivity (Wildman–Crippen MR) is 98.4 cm³/mol. The Labute approximate surface area is 150 Å². The summed E-state index contributed by atoms with van der Waals surface area (Å²) in [5, 5.41) is 5.55. The summed E-state index contributed by atoms with van der Waals surface area (Å²) in [5.74, 6) is 0.337. The lowest BCUT2D eigenvalue weighted by molar-refractivity contribution is 0.0927. The second-order valence-electron chi connectivity index (χ2n) is 5.60. The lowest BCUT2D eigenvalue weighted by Gasteiger charge is -2.08. The van der Waals surface area contributed by atoms with Gasteiger partial charge in [0.15, 0.2) is 0 Å². The Balaban J connectivity index is 1.45. The van der Waals surface area contributed by atoms with Gasteiger partial charge in [0.2, 0.25) is 0 Å². The molecule has 0 saturated carbocycles. The van der Waals surface area contributed by atoms with Crippen LogP contribution in [0.5, 0.6) is 5.75 Å². The minimum absolute atomic E-state index is 0.193. The van der Waals surface area contributed by atoms with Crippen LogP contribution in [-0.2, 0) is 0 Å². The number of ether oxygens (including phenoxy) is 1. The lowest BCUT2D eigenvalue weighted by atomic mass is 10.2. The summed E-state index contributed by atoms with van der Waals surface area (Å²) in [7, 11) is 0. The van der Waals surface area contributed by atoms with Crippen LogP contribution in [0.15, 0.2) is 48.8 Å². The van der Waals surface area contributed by atoms with Gasteiger partial charge >= 0.3 is 0 Å². The summed E-state index contributed by atoms with van der Waals surface area (Å²) in [6.07, 6.45) is 1.59. The third kappa shape index (κ3) is 4.18. The number of fused-ring (bicyclic) bond motifs is 1. The van der Waals surface area contributed by atoms with Gasteiger partial charge in [-0.25, -0.2) is 4.98 Å². The van der Waals surface area contributed by atoms with E-state index in [4.69, 9.17) is 4.74 Å². The quantitative estimate of drug-likeness (QED) is 0.568. The molecule has 0 spiro atoms. The van der Waals surface area contributed by atoms with Crippen molar-refractivity contribution in [2.75, 3.05) is 19.7 Å². The fourth-order valence-electron chi connectivity index (χ4n) is 2.50. The van der Waals surface area contributed by atoms with Crippen molar-refractivity contribution in [3.05, 3.63) is 59.9 Å². The Kier molecular flexibility index (Phi) is 5.48. The number of nitrogens with one attached hydrogen (secondary N) is 3. The molecule has 134 valence electrons. The Morgan fingerprint density at radius 2 is 1.65 bits per heavy atom. The highest BCUT2D eigenvalue weighted by atomic mass is 16.5. The van der Waals surface area contributed by atoms with Crippen molar-refractivity contribution in [1.29, 1.82) is 0 Å². The molecule has 2 amide bonds. The summed E-state index contributed by atoms with van der Waals surface area (Å²) in [6, 6.07) is 12.2. The number of rotatable bonds is 7. The number of imidazole rings is 1.